The average molecular weight is 431 g/mol. The largest absolute Gasteiger partial charge is 0.494 e. The van der Waals surface area contributed by atoms with Crippen LogP contribution in [0.1, 0.15) is 22.2 Å². The van der Waals surface area contributed by atoms with Crippen LogP contribution in [0.25, 0.3) is 21.1 Å². The van der Waals surface area contributed by atoms with E-state index in [2.05, 4.69) is 10.3 Å². The topological polar surface area (TPSA) is 77.2 Å². The van der Waals surface area contributed by atoms with Gasteiger partial charge in [0.25, 0.3) is 5.91 Å². The maximum Gasteiger partial charge on any atom is 0.416 e. The molecule has 4 rings (SSSR count). The van der Waals surface area contributed by atoms with Gasteiger partial charge in [-0.3, -0.25) is 4.79 Å². The molecule has 0 aliphatic rings. The van der Waals surface area contributed by atoms with Crippen LogP contribution in [-0.2, 0) is 6.18 Å². The van der Waals surface area contributed by atoms with Gasteiger partial charge in [0, 0.05) is 16.5 Å². The zero-order chi connectivity index (χ0) is 21.5. The Labute approximate surface area is 173 Å². The SMILES string of the molecule is CCOc1ccc2nc3sc(C(=O)Nc4cccc(C(F)(F)F)c4)c(N)c3cc2c1. The Morgan fingerprint density at radius 3 is 2.73 bits per heavy atom. The maximum absolute atomic E-state index is 12.9. The van der Waals surface area contributed by atoms with Gasteiger partial charge in [0.1, 0.15) is 15.5 Å². The van der Waals surface area contributed by atoms with E-state index >= 15 is 0 Å². The van der Waals surface area contributed by atoms with E-state index in [0.717, 1.165) is 34.4 Å². The number of halogens is 3. The number of hydrogen-bond acceptors (Lipinski definition) is 5. The van der Waals surface area contributed by atoms with Crippen molar-refractivity contribution in [3.63, 3.8) is 0 Å². The predicted octanol–water partition coefficient (Wildman–Crippen LogP) is 5.70. The number of fused-ring (bicyclic) bond motifs is 2. The Balaban J connectivity index is 1.69. The van der Waals surface area contributed by atoms with Gasteiger partial charge in [-0.05, 0) is 49.4 Å². The Bertz CT molecular complexity index is 1270. The number of nitrogens with zero attached hydrogens (tertiary/aromatic N) is 1. The second kappa shape index (κ2) is 7.49. The molecule has 2 heterocycles. The standard InChI is InChI=1S/C21H16F3N3O2S/c1-2-29-14-6-7-16-11(8-14)9-15-17(25)18(30-20(15)27-16)19(28)26-13-5-3-4-12(10-13)21(22,23)24/h3-10H,2,25H2,1H3,(H,26,28). The minimum Gasteiger partial charge on any atom is -0.494 e. The lowest BCUT2D eigenvalue weighted by Gasteiger charge is -2.09. The lowest BCUT2D eigenvalue weighted by molar-refractivity contribution is -0.137. The molecule has 0 fully saturated rings. The predicted molar refractivity (Wildman–Crippen MR) is 112 cm³/mol. The van der Waals surface area contributed by atoms with Crippen molar-refractivity contribution >= 4 is 49.7 Å². The van der Waals surface area contributed by atoms with Crippen molar-refractivity contribution in [2.45, 2.75) is 13.1 Å². The van der Waals surface area contributed by atoms with E-state index in [1.54, 1.807) is 0 Å². The summed E-state index contributed by atoms with van der Waals surface area (Å²) in [5.41, 5.74) is 6.32. The monoisotopic (exact) mass is 431 g/mol. The highest BCUT2D eigenvalue weighted by Crippen LogP contribution is 2.36. The molecule has 0 saturated heterocycles. The van der Waals surface area contributed by atoms with Gasteiger partial charge in [0.05, 0.1) is 23.4 Å². The van der Waals surface area contributed by atoms with Crippen molar-refractivity contribution in [1.29, 1.82) is 0 Å². The highest BCUT2D eigenvalue weighted by Gasteiger charge is 2.30. The molecular weight excluding hydrogens is 415 g/mol. The minimum absolute atomic E-state index is 0.0335. The van der Waals surface area contributed by atoms with Crippen LogP contribution in [-0.4, -0.2) is 17.5 Å². The third-order valence-electron chi connectivity index (χ3n) is 4.45. The third-order valence-corrected chi connectivity index (χ3v) is 5.56. The molecule has 0 aliphatic heterocycles. The van der Waals surface area contributed by atoms with Crippen molar-refractivity contribution in [3.8, 4) is 5.75 Å². The molecule has 0 radical (unpaired) electrons. The smallest absolute Gasteiger partial charge is 0.416 e. The number of carbonyl (C=O) groups excluding carboxylic acids is 1. The van der Waals surface area contributed by atoms with Gasteiger partial charge >= 0.3 is 6.18 Å². The fourth-order valence-corrected chi connectivity index (χ4v) is 4.05. The van der Waals surface area contributed by atoms with Crippen molar-refractivity contribution < 1.29 is 22.7 Å². The molecule has 0 unspecified atom stereocenters. The molecule has 2 aromatic heterocycles. The third kappa shape index (κ3) is 3.76. The van der Waals surface area contributed by atoms with Crippen LogP contribution in [0.5, 0.6) is 5.75 Å². The van der Waals surface area contributed by atoms with Crippen LogP contribution < -0.4 is 15.8 Å². The Kier molecular flexibility index (Phi) is 4.98. The molecule has 2 aromatic carbocycles. The van der Waals surface area contributed by atoms with Gasteiger partial charge in [-0.1, -0.05) is 6.07 Å². The Morgan fingerprint density at radius 1 is 1.20 bits per heavy atom. The van der Waals surface area contributed by atoms with Crippen molar-refractivity contribution in [3.05, 3.63) is 59.0 Å². The molecule has 1 amide bonds. The normalized spacial score (nSPS) is 11.7. The van der Waals surface area contributed by atoms with Crippen LogP contribution in [0.3, 0.4) is 0 Å². The second-order valence-electron chi connectivity index (χ2n) is 6.51. The summed E-state index contributed by atoms with van der Waals surface area (Å²) in [5.74, 6) is 0.108. The van der Waals surface area contributed by atoms with Gasteiger partial charge in [-0.2, -0.15) is 13.2 Å². The van der Waals surface area contributed by atoms with E-state index in [9.17, 15) is 18.0 Å². The van der Waals surface area contributed by atoms with Gasteiger partial charge in [0.15, 0.2) is 0 Å². The molecule has 4 aromatic rings. The first kappa shape index (κ1) is 20.0. The molecule has 0 bridgehead atoms. The van der Waals surface area contributed by atoms with Crippen LogP contribution in [0.2, 0.25) is 0 Å². The first-order valence-corrected chi connectivity index (χ1v) is 9.82. The van der Waals surface area contributed by atoms with Crippen LogP contribution in [0, 0.1) is 0 Å². The summed E-state index contributed by atoms with van der Waals surface area (Å²) in [4.78, 5) is 18.0. The van der Waals surface area contributed by atoms with E-state index in [-0.39, 0.29) is 16.3 Å². The van der Waals surface area contributed by atoms with Gasteiger partial charge < -0.3 is 15.8 Å². The number of thiophene rings is 1. The zero-order valence-corrected chi connectivity index (χ0v) is 16.5. The number of rotatable bonds is 4. The number of amides is 1. The number of anilines is 2. The van der Waals surface area contributed by atoms with E-state index < -0.39 is 17.6 Å². The molecular formula is C21H16F3N3O2S. The van der Waals surface area contributed by atoms with Crippen LogP contribution in [0.4, 0.5) is 24.5 Å². The number of alkyl halides is 3. The first-order valence-electron chi connectivity index (χ1n) is 9.00. The molecule has 0 spiro atoms. The Morgan fingerprint density at radius 2 is 2.00 bits per heavy atom. The first-order chi connectivity index (χ1) is 14.3. The number of hydrogen-bond donors (Lipinski definition) is 2. The summed E-state index contributed by atoms with van der Waals surface area (Å²) >= 11 is 1.09. The maximum atomic E-state index is 12.9. The lowest BCUT2D eigenvalue weighted by atomic mass is 10.1. The molecule has 154 valence electrons. The molecule has 30 heavy (non-hydrogen) atoms. The van der Waals surface area contributed by atoms with Crippen molar-refractivity contribution in [1.82, 2.24) is 4.98 Å². The number of nitrogens with two attached hydrogens (primary N) is 1. The molecule has 0 saturated carbocycles. The highest BCUT2D eigenvalue weighted by atomic mass is 32.1. The van der Waals surface area contributed by atoms with Crippen LogP contribution in [0.15, 0.2) is 48.5 Å². The molecule has 9 heteroatoms. The number of aromatic nitrogens is 1. The summed E-state index contributed by atoms with van der Waals surface area (Å²) < 4.78 is 44.2. The van der Waals surface area contributed by atoms with E-state index in [0.29, 0.717) is 22.6 Å². The number of carbonyl (C=O) groups is 1. The lowest BCUT2D eigenvalue weighted by Crippen LogP contribution is -2.13. The summed E-state index contributed by atoms with van der Waals surface area (Å²) in [6.07, 6.45) is -4.50. The highest BCUT2D eigenvalue weighted by molar-refractivity contribution is 7.21. The number of nitrogen functional groups attached to an aromatic ring is 1. The number of benzene rings is 2. The summed E-state index contributed by atoms with van der Waals surface area (Å²) in [5, 5.41) is 3.90. The summed E-state index contributed by atoms with van der Waals surface area (Å²) in [6.45, 7) is 2.42. The average Bonchev–Trinajstić information content (AvgIpc) is 3.02. The van der Waals surface area contributed by atoms with Crippen molar-refractivity contribution in [2.24, 2.45) is 0 Å². The van der Waals surface area contributed by atoms with E-state index in [1.165, 1.54) is 12.1 Å². The second-order valence-corrected chi connectivity index (χ2v) is 7.51. The summed E-state index contributed by atoms with van der Waals surface area (Å²) in [7, 11) is 0. The number of ether oxygens (including phenoxy) is 1. The molecule has 5 nitrogen and oxygen atoms in total. The fraction of sp³-hybridized carbons (Fsp3) is 0.143. The number of pyridine rings is 1. The summed E-state index contributed by atoms with van der Waals surface area (Å²) in [6, 6.07) is 11.7. The molecule has 0 aliphatic carbocycles. The Hall–Kier alpha value is -3.33. The van der Waals surface area contributed by atoms with E-state index in [1.807, 2.05) is 31.2 Å². The molecule has 0 atom stereocenters. The van der Waals surface area contributed by atoms with Crippen molar-refractivity contribution in [2.75, 3.05) is 17.7 Å². The van der Waals surface area contributed by atoms with Gasteiger partial charge in [-0.15, -0.1) is 11.3 Å². The quantitative estimate of drug-likeness (QED) is 0.434. The van der Waals surface area contributed by atoms with Gasteiger partial charge in [-0.25, -0.2) is 4.98 Å². The van der Waals surface area contributed by atoms with E-state index in [4.69, 9.17) is 10.5 Å². The van der Waals surface area contributed by atoms with Crippen LogP contribution >= 0.6 is 11.3 Å². The zero-order valence-electron chi connectivity index (χ0n) is 15.7. The fourth-order valence-electron chi connectivity index (χ4n) is 3.07. The molecule has 3 N–H and O–H groups in total. The minimum atomic E-state index is -4.50. The van der Waals surface area contributed by atoms with Gasteiger partial charge in [0.2, 0.25) is 0 Å². The number of nitrogens with one attached hydrogen (secondary N) is 1.